The van der Waals surface area contributed by atoms with Gasteiger partial charge in [0.15, 0.2) is 23.1 Å². The van der Waals surface area contributed by atoms with E-state index < -0.39 is 10.7 Å². The van der Waals surface area contributed by atoms with Crippen molar-refractivity contribution < 1.29 is 24.3 Å². The number of aryl methyl sites for hydroxylation is 1. The van der Waals surface area contributed by atoms with Gasteiger partial charge in [0.2, 0.25) is 5.91 Å². The Morgan fingerprint density at radius 3 is 2.60 bits per heavy atom. The first-order chi connectivity index (χ1) is 11.9. The van der Waals surface area contributed by atoms with E-state index in [9.17, 15) is 20.0 Å². The smallest absolute Gasteiger partial charge is 0.291 e. The molecule has 2 N–H and O–H groups in total. The fraction of sp³-hybridized carbons (Fsp3) is 0.250. The molecule has 9 heteroatoms. The van der Waals surface area contributed by atoms with E-state index in [2.05, 4.69) is 10.3 Å². The predicted octanol–water partition coefficient (Wildman–Crippen LogP) is 2.28. The van der Waals surface area contributed by atoms with Crippen LogP contribution in [0.1, 0.15) is 12.0 Å². The first-order valence-corrected chi connectivity index (χ1v) is 7.28. The second-order valence-electron chi connectivity index (χ2n) is 5.06. The summed E-state index contributed by atoms with van der Waals surface area (Å²) in [6, 6.07) is 6.26. The van der Waals surface area contributed by atoms with Gasteiger partial charge >= 0.3 is 0 Å². The molecular weight excluding hydrogens is 330 g/mol. The minimum Gasteiger partial charge on any atom is -0.504 e. The van der Waals surface area contributed by atoms with Gasteiger partial charge in [0.25, 0.3) is 5.69 Å². The Balaban J connectivity index is 1.98. The highest BCUT2D eigenvalue weighted by Gasteiger charge is 2.14. The van der Waals surface area contributed by atoms with Crippen LogP contribution in [-0.2, 0) is 11.2 Å². The van der Waals surface area contributed by atoms with Gasteiger partial charge < -0.3 is 19.9 Å². The van der Waals surface area contributed by atoms with Crippen molar-refractivity contribution in [3.63, 3.8) is 0 Å². The van der Waals surface area contributed by atoms with Crippen molar-refractivity contribution in [2.45, 2.75) is 12.8 Å². The SMILES string of the molecule is COc1ccc(CCC(=O)Nc2ncc([N+](=O)[O-])cc2O)cc1OC. The van der Waals surface area contributed by atoms with Crippen LogP contribution in [0.4, 0.5) is 11.5 Å². The topological polar surface area (TPSA) is 124 Å². The van der Waals surface area contributed by atoms with Crippen LogP contribution >= 0.6 is 0 Å². The van der Waals surface area contributed by atoms with Gasteiger partial charge in [-0.25, -0.2) is 4.98 Å². The van der Waals surface area contributed by atoms with Crippen molar-refractivity contribution in [1.82, 2.24) is 4.98 Å². The molecule has 1 heterocycles. The number of nitrogens with one attached hydrogen (secondary N) is 1. The van der Waals surface area contributed by atoms with Crippen LogP contribution in [0.25, 0.3) is 0 Å². The molecule has 2 aromatic rings. The quantitative estimate of drug-likeness (QED) is 0.581. The van der Waals surface area contributed by atoms with E-state index in [4.69, 9.17) is 9.47 Å². The normalized spacial score (nSPS) is 10.2. The number of nitrogens with zero attached hydrogens (tertiary/aromatic N) is 2. The largest absolute Gasteiger partial charge is 0.504 e. The summed E-state index contributed by atoms with van der Waals surface area (Å²) < 4.78 is 10.3. The third kappa shape index (κ3) is 4.56. The summed E-state index contributed by atoms with van der Waals surface area (Å²) in [6.45, 7) is 0. The van der Waals surface area contributed by atoms with Crippen LogP contribution in [0.5, 0.6) is 17.2 Å². The summed E-state index contributed by atoms with van der Waals surface area (Å²) in [7, 11) is 3.06. The van der Waals surface area contributed by atoms with Crippen molar-refractivity contribution in [3.8, 4) is 17.2 Å². The van der Waals surface area contributed by atoms with Gasteiger partial charge in [-0.3, -0.25) is 14.9 Å². The molecule has 1 amide bonds. The number of rotatable bonds is 7. The maximum Gasteiger partial charge on any atom is 0.291 e. The Labute approximate surface area is 143 Å². The summed E-state index contributed by atoms with van der Waals surface area (Å²) in [5, 5.41) is 22.7. The summed E-state index contributed by atoms with van der Waals surface area (Å²) in [4.78, 5) is 25.6. The number of aromatic nitrogens is 1. The molecule has 1 aromatic carbocycles. The first kappa shape index (κ1) is 18.0. The molecule has 0 aliphatic rings. The second-order valence-corrected chi connectivity index (χ2v) is 5.06. The summed E-state index contributed by atoms with van der Waals surface area (Å²) in [6.07, 6.45) is 1.52. The number of carbonyl (C=O) groups is 1. The van der Waals surface area contributed by atoms with Gasteiger partial charge in [-0.05, 0) is 24.1 Å². The molecule has 0 radical (unpaired) electrons. The fourth-order valence-electron chi connectivity index (χ4n) is 2.13. The number of amides is 1. The maximum absolute atomic E-state index is 12.0. The standard InChI is InChI=1S/C16H17N3O6/c1-24-13-5-3-10(7-14(13)25-2)4-6-15(21)18-16-12(20)8-11(9-17-16)19(22)23/h3,5,7-9,20H,4,6H2,1-2H3,(H,17,18,21). The number of ether oxygens (including phenoxy) is 2. The average molecular weight is 347 g/mol. The zero-order chi connectivity index (χ0) is 18.4. The fourth-order valence-corrected chi connectivity index (χ4v) is 2.13. The Morgan fingerprint density at radius 1 is 1.28 bits per heavy atom. The molecule has 0 spiro atoms. The Hall–Kier alpha value is -3.36. The van der Waals surface area contributed by atoms with E-state index in [0.717, 1.165) is 17.8 Å². The van der Waals surface area contributed by atoms with E-state index in [-0.39, 0.29) is 23.8 Å². The lowest BCUT2D eigenvalue weighted by molar-refractivity contribution is -0.385. The Morgan fingerprint density at radius 2 is 2.00 bits per heavy atom. The Bertz CT molecular complexity index is 793. The number of aromatic hydroxyl groups is 1. The number of hydrogen-bond donors (Lipinski definition) is 2. The van der Waals surface area contributed by atoms with Crippen molar-refractivity contribution in [2.24, 2.45) is 0 Å². The molecule has 0 fully saturated rings. The lowest BCUT2D eigenvalue weighted by Gasteiger charge is -2.10. The predicted molar refractivity (Wildman–Crippen MR) is 89.1 cm³/mol. The lowest BCUT2D eigenvalue weighted by atomic mass is 10.1. The molecule has 0 bridgehead atoms. The van der Waals surface area contributed by atoms with Crippen LogP contribution in [0.2, 0.25) is 0 Å². The van der Waals surface area contributed by atoms with Crippen LogP contribution < -0.4 is 14.8 Å². The van der Waals surface area contributed by atoms with E-state index in [1.807, 2.05) is 6.07 Å². The van der Waals surface area contributed by atoms with E-state index in [1.165, 1.54) is 14.2 Å². The van der Waals surface area contributed by atoms with Gasteiger partial charge in [-0.2, -0.15) is 0 Å². The molecule has 2 rings (SSSR count). The molecule has 1 aromatic heterocycles. The summed E-state index contributed by atoms with van der Waals surface area (Å²) >= 11 is 0. The maximum atomic E-state index is 12.0. The second kappa shape index (κ2) is 7.95. The molecule has 0 aliphatic heterocycles. The van der Waals surface area contributed by atoms with Gasteiger partial charge in [0.05, 0.1) is 25.2 Å². The molecule has 9 nitrogen and oxygen atoms in total. The van der Waals surface area contributed by atoms with Gasteiger partial charge in [0, 0.05) is 6.42 Å². The zero-order valence-electron chi connectivity index (χ0n) is 13.7. The van der Waals surface area contributed by atoms with Crippen molar-refractivity contribution in [1.29, 1.82) is 0 Å². The highest BCUT2D eigenvalue weighted by molar-refractivity contribution is 5.91. The number of pyridine rings is 1. The highest BCUT2D eigenvalue weighted by Crippen LogP contribution is 2.28. The number of methoxy groups -OCH3 is 2. The van der Waals surface area contributed by atoms with Gasteiger partial charge in [-0.15, -0.1) is 0 Å². The van der Waals surface area contributed by atoms with E-state index in [1.54, 1.807) is 12.1 Å². The van der Waals surface area contributed by atoms with Crippen LogP contribution in [-0.4, -0.2) is 35.1 Å². The molecular formula is C16H17N3O6. The number of benzene rings is 1. The third-order valence-electron chi connectivity index (χ3n) is 3.41. The number of carbonyl (C=O) groups excluding carboxylic acids is 1. The molecule has 0 aliphatic carbocycles. The third-order valence-corrected chi connectivity index (χ3v) is 3.41. The minimum atomic E-state index is -0.685. The molecule has 0 saturated heterocycles. The van der Waals surface area contributed by atoms with E-state index >= 15 is 0 Å². The van der Waals surface area contributed by atoms with Gasteiger partial charge in [-0.1, -0.05) is 6.07 Å². The monoisotopic (exact) mass is 347 g/mol. The summed E-state index contributed by atoms with van der Waals surface area (Å²) in [5.41, 5.74) is 0.509. The van der Waals surface area contributed by atoms with Crippen LogP contribution in [0, 0.1) is 10.1 Å². The van der Waals surface area contributed by atoms with Crippen molar-refractivity contribution >= 4 is 17.4 Å². The molecule has 25 heavy (non-hydrogen) atoms. The lowest BCUT2D eigenvalue weighted by Crippen LogP contribution is -2.13. The average Bonchev–Trinajstić information content (AvgIpc) is 2.61. The highest BCUT2D eigenvalue weighted by atomic mass is 16.6. The van der Waals surface area contributed by atoms with Gasteiger partial charge in [0.1, 0.15) is 6.20 Å². The molecule has 132 valence electrons. The van der Waals surface area contributed by atoms with Crippen LogP contribution in [0.3, 0.4) is 0 Å². The van der Waals surface area contributed by atoms with Crippen LogP contribution in [0.15, 0.2) is 30.5 Å². The van der Waals surface area contributed by atoms with E-state index in [0.29, 0.717) is 17.9 Å². The first-order valence-electron chi connectivity index (χ1n) is 7.28. The van der Waals surface area contributed by atoms with Crippen molar-refractivity contribution in [3.05, 3.63) is 46.1 Å². The summed E-state index contributed by atoms with van der Waals surface area (Å²) in [5.74, 6) is 0.189. The number of anilines is 1. The number of nitro groups is 1. The Kier molecular flexibility index (Phi) is 5.72. The molecule has 0 atom stereocenters. The van der Waals surface area contributed by atoms with Crippen molar-refractivity contribution in [2.75, 3.05) is 19.5 Å². The minimum absolute atomic E-state index is 0.122. The molecule has 0 unspecified atom stereocenters. The molecule has 0 saturated carbocycles. The number of hydrogen-bond acceptors (Lipinski definition) is 7. The zero-order valence-corrected chi connectivity index (χ0v) is 13.7.